The van der Waals surface area contributed by atoms with Crippen LogP contribution in [0.15, 0.2) is 18.3 Å². The minimum atomic E-state index is 0.165. The van der Waals surface area contributed by atoms with Gasteiger partial charge >= 0.3 is 0 Å². The first-order chi connectivity index (χ1) is 11.7. The standard InChI is InChI=1S/C19H27N3O2/c1-3-4-8-19(23)21-14-6-5-7-15(11-14)24-18-10-9-17-16(13(18)2)12-20-22-17/h9-10,12,14-15H,3-8,11H2,1-2H3,(H,20,22)(H,21,23)/t14-,15+/m1/s1. The van der Waals surface area contributed by atoms with Crippen molar-refractivity contribution >= 4 is 16.8 Å². The van der Waals surface area contributed by atoms with Crippen molar-refractivity contribution < 1.29 is 9.53 Å². The highest BCUT2D eigenvalue weighted by Gasteiger charge is 2.25. The van der Waals surface area contributed by atoms with Crippen molar-refractivity contribution in [2.75, 3.05) is 0 Å². The van der Waals surface area contributed by atoms with Gasteiger partial charge in [-0.3, -0.25) is 9.89 Å². The van der Waals surface area contributed by atoms with Crippen molar-refractivity contribution in [2.45, 2.75) is 70.9 Å². The van der Waals surface area contributed by atoms with Crippen LogP contribution in [0.1, 0.15) is 57.4 Å². The number of amides is 1. The van der Waals surface area contributed by atoms with Gasteiger partial charge in [0.2, 0.25) is 5.91 Å². The lowest BCUT2D eigenvalue weighted by molar-refractivity contribution is -0.122. The number of carbonyl (C=O) groups is 1. The van der Waals surface area contributed by atoms with E-state index in [2.05, 4.69) is 29.4 Å². The number of benzene rings is 1. The van der Waals surface area contributed by atoms with E-state index in [1.807, 2.05) is 18.3 Å². The fourth-order valence-corrected chi connectivity index (χ4v) is 3.47. The number of aryl methyl sites for hydroxylation is 1. The number of ether oxygens (including phenoxy) is 1. The van der Waals surface area contributed by atoms with Gasteiger partial charge in [-0.1, -0.05) is 13.3 Å². The number of hydrogen-bond donors (Lipinski definition) is 2. The average molecular weight is 329 g/mol. The number of aromatic nitrogens is 2. The Morgan fingerprint density at radius 2 is 2.29 bits per heavy atom. The molecule has 1 aromatic heterocycles. The number of unbranched alkanes of at least 4 members (excludes halogenated alkanes) is 1. The topological polar surface area (TPSA) is 67.0 Å². The third-order valence-corrected chi connectivity index (χ3v) is 4.89. The molecule has 5 nitrogen and oxygen atoms in total. The van der Waals surface area contributed by atoms with Gasteiger partial charge in [-0.2, -0.15) is 5.10 Å². The Morgan fingerprint density at radius 3 is 3.12 bits per heavy atom. The van der Waals surface area contributed by atoms with Gasteiger partial charge in [0, 0.05) is 29.8 Å². The van der Waals surface area contributed by atoms with E-state index in [1.54, 1.807) is 0 Å². The molecule has 0 radical (unpaired) electrons. The molecule has 130 valence electrons. The maximum atomic E-state index is 11.9. The predicted octanol–water partition coefficient (Wildman–Crippen LogP) is 3.87. The first kappa shape index (κ1) is 16.8. The molecule has 1 amide bonds. The monoisotopic (exact) mass is 329 g/mol. The molecule has 1 saturated carbocycles. The Bertz CT molecular complexity index is 695. The predicted molar refractivity (Wildman–Crippen MR) is 95.2 cm³/mol. The zero-order valence-electron chi connectivity index (χ0n) is 14.6. The fourth-order valence-electron chi connectivity index (χ4n) is 3.47. The van der Waals surface area contributed by atoms with Gasteiger partial charge in [-0.05, 0) is 44.7 Å². The Kier molecular flexibility index (Phi) is 5.38. The third-order valence-electron chi connectivity index (χ3n) is 4.89. The van der Waals surface area contributed by atoms with Crippen LogP contribution in [-0.4, -0.2) is 28.3 Å². The van der Waals surface area contributed by atoms with E-state index < -0.39 is 0 Å². The van der Waals surface area contributed by atoms with Crippen LogP contribution in [0.5, 0.6) is 5.75 Å². The summed E-state index contributed by atoms with van der Waals surface area (Å²) >= 11 is 0. The first-order valence-corrected chi connectivity index (χ1v) is 9.06. The third kappa shape index (κ3) is 3.89. The summed E-state index contributed by atoms with van der Waals surface area (Å²) in [6.07, 6.45) is 8.74. The molecule has 3 rings (SSSR count). The van der Waals surface area contributed by atoms with Crippen LogP contribution < -0.4 is 10.1 Å². The lowest BCUT2D eigenvalue weighted by Gasteiger charge is -2.30. The SMILES string of the molecule is CCCCC(=O)N[C@@H]1CCC[C@H](Oc2ccc3[nH]ncc3c2C)C1. The number of nitrogens with one attached hydrogen (secondary N) is 2. The van der Waals surface area contributed by atoms with Gasteiger partial charge < -0.3 is 10.1 Å². The first-order valence-electron chi connectivity index (χ1n) is 9.06. The molecule has 2 atom stereocenters. The van der Waals surface area contributed by atoms with Gasteiger partial charge in [-0.25, -0.2) is 0 Å². The second-order valence-electron chi connectivity index (χ2n) is 6.79. The summed E-state index contributed by atoms with van der Waals surface area (Å²) < 4.78 is 6.26. The van der Waals surface area contributed by atoms with E-state index in [-0.39, 0.29) is 18.1 Å². The summed E-state index contributed by atoms with van der Waals surface area (Å²) in [7, 11) is 0. The van der Waals surface area contributed by atoms with Gasteiger partial charge in [0.25, 0.3) is 0 Å². The molecule has 0 spiro atoms. The molecular formula is C19H27N3O2. The summed E-state index contributed by atoms with van der Waals surface area (Å²) in [5, 5.41) is 11.4. The molecule has 24 heavy (non-hydrogen) atoms. The summed E-state index contributed by atoms with van der Waals surface area (Å²) in [4.78, 5) is 11.9. The zero-order valence-corrected chi connectivity index (χ0v) is 14.6. The molecule has 0 aliphatic heterocycles. The fraction of sp³-hybridized carbons (Fsp3) is 0.579. The second-order valence-corrected chi connectivity index (χ2v) is 6.79. The van der Waals surface area contributed by atoms with E-state index in [1.165, 1.54) is 0 Å². The molecule has 1 aliphatic rings. The minimum absolute atomic E-state index is 0.165. The van der Waals surface area contributed by atoms with Gasteiger partial charge in [0.15, 0.2) is 0 Å². The number of H-pyrrole nitrogens is 1. The second kappa shape index (κ2) is 7.69. The van der Waals surface area contributed by atoms with Crippen LogP contribution in [0.3, 0.4) is 0 Å². The Morgan fingerprint density at radius 1 is 1.42 bits per heavy atom. The van der Waals surface area contributed by atoms with E-state index in [0.29, 0.717) is 6.42 Å². The van der Waals surface area contributed by atoms with Crippen molar-refractivity contribution in [2.24, 2.45) is 0 Å². The van der Waals surface area contributed by atoms with Crippen LogP contribution in [-0.2, 0) is 4.79 Å². The van der Waals surface area contributed by atoms with Crippen LogP contribution in [0.25, 0.3) is 10.9 Å². The van der Waals surface area contributed by atoms with Crippen molar-refractivity contribution in [3.05, 3.63) is 23.9 Å². The highest BCUT2D eigenvalue weighted by Crippen LogP contribution is 2.30. The van der Waals surface area contributed by atoms with Gasteiger partial charge in [-0.15, -0.1) is 0 Å². The van der Waals surface area contributed by atoms with E-state index in [0.717, 1.165) is 60.7 Å². The van der Waals surface area contributed by atoms with Gasteiger partial charge in [0.1, 0.15) is 11.9 Å². The van der Waals surface area contributed by atoms with Gasteiger partial charge in [0.05, 0.1) is 11.7 Å². The number of hydrogen-bond acceptors (Lipinski definition) is 3. The highest BCUT2D eigenvalue weighted by molar-refractivity contribution is 5.83. The van der Waals surface area contributed by atoms with Crippen molar-refractivity contribution in [3.8, 4) is 5.75 Å². The quantitative estimate of drug-likeness (QED) is 0.845. The lowest BCUT2D eigenvalue weighted by Crippen LogP contribution is -2.41. The van der Waals surface area contributed by atoms with Crippen molar-refractivity contribution in [1.82, 2.24) is 15.5 Å². The summed E-state index contributed by atoms with van der Waals surface area (Å²) in [5.41, 5.74) is 2.15. The maximum Gasteiger partial charge on any atom is 0.220 e. The minimum Gasteiger partial charge on any atom is -0.490 e. The zero-order chi connectivity index (χ0) is 16.9. The molecule has 0 unspecified atom stereocenters. The van der Waals surface area contributed by atoms with Crippen LogP contribution in [0, 0.1) is 6.92 Å². The molecule has 0 bridgehead atoms. The number of aromatic amines is 1. The highest BCUT2D eigenvalue weighted by atomic mass is 16.5. The number of nitrogens with zero attached hydrogens (tertiary/aromatic N) is 1. The molecule has 1 aromatic carbocycles. The lowest BCUT2D eigenvalue weighted by atomic mass is 9.92. The Balaban J connectivity index is 1.60. The molecule has 0 saturated heterocycles. The molecule has 2 aromatic rings. The molecule has 5 heteroatoms. The summed E-state index contributed by atoms with van der Waals surface area (Å²) in [5.74, 6) is 1.10. The maximum absolute atomic E-state index is 11.9. The van der Waals surface area contributed by atoms with Crippen LogP contribution in [0.2, 0.25) is 0 Å². The molecule has 1 aliphatic carbocycles. The largest absolute Gasteiger partial charge is 0.490 e. The summed E-state index contributed by atoms with van der Waals surface area (Å²) in [6.45, 7) is 4.18. The molecular weight excluding hydrogens is 302 g/mol. The van der Waals surface area contributed by atoms with Crippen LogP contribution in [0.4, 0.5) is 0 Å². The van der Waals surface area contributed by atoms with E-state index in [4.69, 9.17) is 4.74 Å². The van der Waals surface area contributed by atoms with E-state index >= 15 is 0 Å². The number of fused-ring (bicyclic) bond motifs is 1. The normalized spacial score (nSPS) is 20.9. The Hall–Kier alpha value is -2.04. The Labute approximate surface area is 143 Å². The van der Waals surface area contributed by atoms with Crippen molar-refractivity contribution in [1.29, 1.82) is 0 Å². The van der Waals surface area contributed by atoms with E-state index in [9.17, 15) is 4.79 Å². The molecule has 1 heterocycles. The average Bonchev–Trinajstić information content (AvgIpc) is 3.05. The molecule has 2 N–H and O–H groups in total. The van der Waals surface area contributed by atoms with Crippen molar-refractivity contribution in [3.63, 3.8) is 0 Å². The number of carbonyl (C=O) groups excluding carboxylic acids is 1. The van der Waals surface area contributed by atoms with Crippen LogP contribution >= 0.6 is 0 Å². The molecule has 1 fully saturated rings. The summed E-state index contributed by atoms with van der Waals surface area (Å²) in [6, 6.07) is 4.27. The smallest absolute Gasteiger partial charge is 0.220 e. The number of rotatable bonds is 6.